The summed E-state index contributed by atoms with van der Waals surface area (Å²) in [6.45, 7) is 2.00. The summed E-state index contributed by atoms with van der Waals surface area (Å²) in [5, 5.41) is 10.5. The van der Waals surface area contributed by atoms with Crippen molar-refractivity contribution < 1.29 is 5.11 Å². The molecule has 0 radical (unpaired) electrons. The molecule has 0 fully saturated rings. The summed E-state index contributed by atoms with van der Waals surface area (Å²) < 4.78 is 0. The zero-order valence-electron chi connectivity index (χ0n) is 15.0. The first-order valence-corrected chi connectivity index (χ1v) is 8.64. The van der Waals surface area contributed by atoms with Gasteiger partial charge in [0.1, 0.15) is 6.10 Å². The van der Waals surface area contributed by atoms with E-state index in [2.05, 4.69) is 35.5 Å². The molecule has 0 saturated carbocycles. The van der Waals surface area contributed by atoms with Gasteiger partial charge in [-0.15, -0.1) is 0 Å². The van der Waals surface area contributed by atoms with Crippen LogP contribution in [0.5, 0.6) is 0 Å². The van der Waals surface area contributed by atoms with Crippen LogP contribution in [0, 0.1) is 42.4 Å². The maximum Gasteiger partial charge on any atom is 0.142 e. The molecule has 3 aromatic carbocycles. The summed E-state index contributed by atoms with van der Waals surface area (Å²) in [6.07, 6.45) is -0.934. The monoisotopic (exact) mass is 346 g/mol. The predicted molar refractivity (Wildman–Crippen MR) is 110 cm³/mol. The molecule has 0 aromatic heterocycles. The van der Waals surface area contributed by atoms with Crippen LogP contribution < -0.4 is 0 Å². The maximum absolute atomic E-state index is 10.5. The minimum Gasteiger partial charge on any atom is -0.376 e. The second-order valence-corrected chi connectivity index (χ2v) is 5.99. The van der Waals surface area contributed by atoms with Crippen LogP contribution in [0.3, 0.4) is 0 Å². The molecule has 1 heteroatoms. The van der Waals surface area contributed by atoms with Gasteiger partial charge in [0, 0.05) is 22.3 Å². The fourth-order valence-corrected chi connectivity index (χ4v) is 2.48. The van der Waals surface area contributed by atoms with E-state index in [1.54, 1.807) is 0 Å². The largest absolute Gasteiger partial charge is 0.376 e. The third-order valence-electron chi connectivity index (χ3n) is 3.87. The quantitative estimate of drug-likeness (QED) is 0.644. The second kappa shape index (κ2) is 9.12. The van der Waals surface area contributed by atoms with E-state index in [1.807, 2.05) is 85.8 Å². The minimum absolute atomic E-state index is 0.693. The average molecular weight is 346 g/mol. The molecule has 0 amide bonds. The van der Waals surface area contributed by atoms with Gasteiger partial charge >= 0.3 is 0 Å². The van der Waals surface area contributed by atoms with Gasteiger partial charge in [-0.2, -0.15) is 0 Å². The van der Waals surface area contributed by atoms with Crippen LogP contribution in [-0.4, -0.2) is 5.11 Å². The van der Waals surface area contributed by atoms with Gasteiger partial charge in [0.25, 0.3) is 0 Å². The van der Waals surface area contributed by atoms with Crippen molar-refractivity contribution in [2.24, 2.45) is 0 Å². The molecule has 0 bridgehead atoms. The van der Waals surface area contributed by atoms with Gasteiger partial charge in [-0.25, -0.2) is 0 Å². The predicted octanol–water partition coefficient (Wildman–Crippen LogP) is 4.48. The van der Waals surface area contributed by atoms with Gasteiger partial charge in [-0.1, -0.05) is 72.2 Å². The Morgan fingerprint density at radius 3 is 2.00 bits per heavy atom. The first kappa shape index (κ1) is 18.1. The Hall–Kier alpha value is -3.70. The molecule has 0 heterocycles. The van der Waals surface area contributed by atoms with E-state index < -0.39 is 6.10 Å². The number of hydrogen-bond acceptors (Lipinski definition) is 1. The Kier molecular flexibility index (Phi) is 6.12. The van der Waals surface area contributed by atoms with Crippen molar-refractivity contribution >= 4 is 0 Å². The zero-order valence-corrected chi connectivity index (χ0v) is 15.0. The number of hydrogen-bond donors (Lipinski definition) is 1. The molecule has 3 aromatic rings. The Labute approximate surface area is 160 Å². The second-order valence-electron chi connectivity index (χ2n) is 5.99. The van der Waals surface area contributed by atoms with E-state index in [0.29, 0.717) is 5.56 Å². The third kappa shape index (κ3) is 5.39. The van der Waals surface area contributed by atoms with E-state index in [-0.39, 0.29) is 0 Å². The Morgan fingerprint density at radius 2 is 1.33 bits per heavy atom. The van der Waals surface area contributed by atoms with Gasteiger partial charge < -0.3 is 5.11 Å². The fraction of sp³-hybridized carbons (Fsp3) is 0.0769. The highest BCUT2D eigenvalue weighted by Gasteiger charge is 2.08. The van der Waals surface area contributed by atoms with Crippen LogP contribution in [0.1, 0.15) is 33.9 Å². The van der Waals surface area contributed by atoms with Crippen molar-refractivity contribution in [2.75, 3.05) is 0 Å². The summed E-state index contributed by atoms with van der Waals surface area (Å²) >= 11 is 0. The van der Waals surface area contributed by atoms with Gasteiger partial charge in [0.05, 0.1) is 0 Å². The Morgan fingerprint density at radius 1 is 0.704 bits per heavy atom. The van der Waals surface area contributed by atoms with Crippen molar-refractivity contribution in [1.29, 1.82) is 0 Å². The molecule has 0 spiro atoms. The van der Waals surface area contributed by atoms with Crippen LogP contribution in [0.4, 0.5) is 0 Å². The van der Waals surface area contributed by atoms with E-state index in [4.69, 9.17) is 0 Å². The number of benzene rings is 3. The van der Waals surface area contributed by atoms with Crippen molar-refractivity contribution in [2.45, 2.75) is 13.0 Å². The molecule has 0 aliphatic carbocycles. The molecular weight excluding hydrogens is 328 g/mol. The number of aliphatic hydroxyl groups excluding tert-OH is 1. The first-order chi connectivity index (χ1) is 13.2. The molecule has 1 unspecified atom stereocenters. The maximum atomic E-state index is 10.5. The highest BCUT2D eigenvalue weighted by atomic mass is 16.3. The van der Waals surface area contributed by atoms with Gasteiger partial charge in [-0.05, 0) is 54.7 Å². The van der Waals surface area contributed by atoms with Gasteiger partial charge in [0.15, 0.2) is 0 Å². The number of rotatable bonds is 1. The topological polar surface area (TPSA) is 20.2 Å². The summed E-state index contributed by atoms with van der Waals surface area (Å²) in [6, 6.07) is 25.2. The lowest BCUT2D eigenvalue weighted by Gasteiger charge is -2.07. The van der Waals surface area contributed by atoms with Crippen LogP contribution in [-0.2, 0) is 0 Å². The highest BCUT2D eigenvalue weighted by Crippen LogP contribution is 2.18. The molecular formula is C26H18O. The SMILES string of the molecule is Cc1ccc(C(O)C#CC#Cc2ccccc2)c(C#Cc2ccccc2)c1. The van der Waals surface area contributed by atoms with E-state index >= 15 is 0 Å². The number of aryl methyl sites for hydroxylation is 1. The summed E-state index contributed by atoms with van der Waals surface area (Å²) in [5.41, 5.74) is 4.38. The highest BCUT2D eigenvalue weighted by molar-refractivity contribution is 5.50. The Balaban J connectivity index is 1.84. The lowest BCUT2D eigenvalue weighted by Crippen LogP contribution is -1.98. The molecule has 1 N–H and O–H groups in total. The van der Waals surface area contributed by atoms with Crippen molar-refractivity contribution in [3.8, 4) is 35.5 Å². The molecule has 27 heavy (non-hydrogen) atoms. The lowest BCUT2D eigenvalue weighted by atomic mass is 10.00. The van der Waals surface area contributed by atoms with Gasteiger partial charge in [-0.3, -0.25) is 0 Å². The van der Waals surface area contributed by atoms with Crippen LogP contribution >= 0.6 is 0 Å². The van der Waals surface area contributed by atoms with Crippen LogP contribution in [0.25, 0.3) is 0 Å². The average Bonchev–Trinajstić information content (AvgIpc) is 2.71. The minimum atomic E-state index is -0.934. The standard InChI is InChI=1S/C26H18O/c1-21-16-19-25(24(20-21)18-17-23-12-6-3-7-13-23)26(27)15-9-8-14-22-10-4-2-5-11-22/h2-7,10-13,16,19-20,26-27H,1H3. The molecule has 1 nitrogen and oxygen atoms in total. The molecule has 128 valence electrons. The molecule has 1 atom stereocenters. The fourth-order valence-electron chi connectivity index (χ4n) is 2.48. The summed E-state index contributed by atoms with van der Waals surface area (Å²) in [7, 11) is 0. The summed E-state index contributed by atoms with van der Waals surface area (Å²) in [4.78, 5) is 0. The van der Waals surface area contributed by atoms with Crippen molar-refractivity contribution in [3.05, 3.63) is 107 Å². The number of aliphatic hydroxyl groups is 1. The van der Waals surface area contributed by atoms with E-state index in [1.165, 1.54) is 0 Å². The van der Waals surface area contributed by atoms with Crippen LogP contribution in [0.15, 0.2) is 78.9 Å². The first-order valence-electron chi connectivity index (χ1n) is 8.64. The molecule has 3 rings (SSSR count). The molecule has 0 aliphatic heterocycles. The van der Waals surface area contributed by atoms with E-state index in [0.717, 1.165) is 22.3 Å². The summed E-state index contributed by atoms with van der Waals surface area (Å²) in [5.74, 6) is 17.6. The van der Waals surface area contributed by atoms with Crippen molar-refractivity contribution in [1.82, 2.24) is 0 Å². The smallest absolute Gasteiger partial charge is 0.142 e. The zero-order chi connectivity index (χ0) is 18.9. The van der Waals surface area contributed by atoms with Gasteiger partial charge in [0.2, 0.25) is 0 Å². The molecule has 0 saturated heterocycles. The van der Waals surface area contributed by atoms with E-state index in [9.17, 15) is 5.11 Å². The Bertz CT molecular complexity index is 1090. The van der Waals surface area contributed by atoms with Crippen molar-refractivity contribution in [3.63, 3.8) is 0 Å². The third-order valence-corrected chi connectivity index (χ3v) is 3.87. The van der Waals surface area contributed by atoms with Crippen LogP contribution in [0.2, 0.25) is 0 Å². The molecule has 0 aliphatic rings. The lowest BCUT2D eigenvalue weighted by molar-refractivity contribution is 0.238. The normalized spacial score (nSPS) is 10.3.